The van der Waals surface area contributed by atoms with E-state index in [0.717, 1.165) is 16.7 Å². The van der Waals surface area contributed by atoms with Crippen molar-refractivity contribution < 1.29 is 4.79 Å². The first-order valence-corrected chi connectivity index (χ1v) is 6.30. The van der Waals surface area contributed by atoms with Crippen LogP contribution in [0.3, 0.4) is 0 Å². The van der Waals surface area contributed by atoms with E-state index in [-0.39, 0.29) is 5.78 Å². The van der Waals surface area contributed by atoms with Crippen LogP contribution in [-0.2, 0) is 6.42 Å². The Morgan fingerprint density at radius 2 is 1.78 bits per heavy atom. The van der Waals surface area contributed by atoms with Gasteiger partial charge in [0.05, 0.1) is 0 Å². The van der Waals surface area contributed by atoms with Gasteiger partial charge in [-0.2, -0.15) is 0 Å². The van der Waals surface area contributed by atoms with Crippen LogP contribution < -0.4 is 0 Å². The fourth-order valence-electron chi connectivity index (χ4n) is 1.99. The molecule has 2 aromatic rings. The first-order valence-electron chi connectivity index (χ1n) is 5.92. The third kappa shape index (κ3) is 2.62. The van der Waals surface area contributed by atoms with Gasteiger partial charge in [0, 0.05) is 17.0 Å². The highest BCUT2D eigenvalue weighted by molar-refractivity contribution is 6.31. The van der Waals surface area contributed by atoms with Crippen molar-refractivity contribution in [2.45, 2.75) is 20.3 Å². The molecule has 0 spiro atoms. The smallest absolute Gasteiger partial charge is 0.167 e. The van der Waals surface area contributed by atoms with Gasteiger partial charge in [0.1, 0.15) is 0 Å². The first kappa shape index (κ1) is 12.8. The number of hydrogen-bond acceptors (Lipinski definition) is 1. The molecule has 0 N–H and O–H groups in total. The molecule has 0 heterocycles. The summed E-state index contributed by atoms with van der Waals surface area (Å²) in [6, 6.07) is 13.4. The molecule has 0 fully saturated rings. The maximum atomic E-state index is 12.3. The Morgan fingerprint density at radius 3 is 2.50 bits per heavy atom. The third-order valence-corrected chi connectivity index (χ3v) is 3.59. The maximum absolute atomic E-state index is 12.3. The van der Waals surface area contributed by atoms with Crippen LogP contribution in [0.15, 0.2) is 42.5 Å². The van der Waals surface area contributed by atoms with E-state index in [9.17, 15) is 4.79 Å². The molecule has 0 radical (unpaired) electrons. The minimum Gasteiger partial charge on any atom is -0.294 e. The third-order valence-electron chi connectivity index (χ3n) is 3.18. The molecule has 18 heavy (non-hydrogen) atoms. The van der Waals surface area contributed by atoms with Gasteiger partial charge in [0.2, 0.25) is 0 Å². The molecule has 1 nitrogen and oxygen atoms in total. The van der Waals surface area contributed by atoms with E-state index >= 15 is 0 Å². The first-order chi connectivity index (χ1) is 8.59. The number of carbonyl (C=O) groups is 1. The summed E-state index contributed by atoms with van der Waals surface area (Å²) in [6.45, 7) is 3.90. The van der Waals surface area contributed by atoms with Gasteiger partial charge in [0.15, 0.2) is 5.78 Å². The molecule has 2 heteroatoms. The molecule has 2 aromatic carbocycles. The summed E-state index contributed by atoms with van der Waals surface area (Å²) in [5, 5.41) is 0.644. The minimum atomic E-state index is 0.115. The molecule has 0 aliphatic rings. The van der Waals surface area contributed by atoms with Crippen LogP contribution in [0.1, 0.15) is 27.0 Å². The van der Waals surface area contributed by atoms with Crippen molar-refractivity contribution in [2.24, 2.45) is 0 Å². The fourth-order valence-corrected chi connectivity index (χ4v) is 2.16. The van der Waals surface area contributed by atoms with Crippen LogP contribution >= 0.6 is 11.6 Å². The lowest BCUT2D eigenvalue weighted by molar-refractivity contribution is 0.0992. The van der Waals surface area contributed by atoms with Gasteiger partial charge in [-0.3, -0.25) is 4.79 Å². The van der Waals surface area contributed by atoms with Crippen LogP contribution in [0.25, 0.3) is 0 Å². The van der Waals surface area contributed by atoms with Gasteiger partial charge in [-0.1, -0.05) is 48.0 Å². The Bertz CT molecular complexity index is 587. The van der Waals surface area contributed by atoms with E-state index in [0.29, 0.717) is 17.0 Å². The van der Waals surface area contributed by atoms with E-state index < -0.39 is 0 Å². The predicted octanol–water partition coefficient (Wildman–Crippen LogP) is 4.38. The summed E-state index contributed by atoms with van der Waals surface area (Å²) in [4.78, 5) is 12.3. The molecule has 2 rings (SSSR count). The van der Waals surface area contributed by atoms with Gasteiger partial charge in [0.25, 0.3) is 0 Å². The van der Waals surface area contributed by atoms with Crippen molar-refractivity contribution in [3.8, 4) is 0 Å². The highest BCUT2D eigenvalue weighted by Crippen LogP contribution is 2.20. The summed E-state index contributed by atoms with van der Waals surface area (Å²) < 4.78 is 0. The topological polar surface area (TPSA) is 17.1 Å². The van der Waals surface area contributed by atoms with Crippen LogP contribution in [0.4, 0.5) is 0 Å². The Kier molecular flexibility index (Phi) is 3.83. The fraction of sp³-hybridized carbons (Fsp3) is 0.188. The lowest BCUT2D eigenvalue weighted by atomic mass is 9.97. The zero-order valence-corrected chi connectivity index (χ0v) is 11.3. The number of halogens is 1. The molecule has 0 aliphatic carbocycles. The molecule has 0 atom stereocenters. The highest BCUT2D eigenvalue weighted by atomic mass is 35.5. The maximum Gasteiger partial charge on any atom is 0.167 e. The van der Waals surface area contributed by atoms with Gasteiger partial charge in [-0.05, 0) is 36.6 Å². The summed E-state index contributed by atoms with van der Waals surface area (Å²) in [5.74, 6) is 0.115. The number of Topliss-reactive ketones (excluding diaryl/α,β-unsaturated/α-hetero) is 1. The Labute approximate surface area is 112 Å². The SMILES string of the molecule is Cc1ccccc1CC(=O)c1cccc(Cl)c1C. The van der Waals surface area contributed by atoms with E-state index in [4.69, 9.17) is 11.6 Å². The van der Waals surface area contributed by atoms with E-state index in [1.165, 1.54) is 0 Å². The summed E-state index contributed by atoms with van der Waals surface area (Å²) in [7, 11) is 0. The molecule has 0 amide bonds. The molecule has 0 aromatic heterocycles. The number of aryl methyl sites for hydroxylation is 1. The second-order valence-electron chi connectivity index (χ2n) is 4.44. The molecular weight excluding hydrogens is 244 g/mol. The van der Waals surface area contributed by atoms with E-state index in [1.807, 2.05) is 50.2 Å². The summed E-state index contributed by atoms with van der Waals surface area (Å²) >= 11 is 6.04. The van der Waals surface area contributed by atoms with Gasteiger partial charge in [-0.15, -0.1) is 0 Å². The summed E-state index contributed by atoms with van der Waals surface area (Å²) in [5.41, 5.74) is 3.79. The van der Waals surface area contributed by atoms with Crippen molar-refractivity contribution in [1.82, 2.24) is 0 Å². The highest BCUT2D eigenvalue weighted by Gasteiger charge is 2.12. The Hall–Kier alpha value is -1.60. The standard InChI is InChI=1S/C16H15ClO/c1-11-6-3-4-7-13(11)10-16(18)14-8-5-9-15(17)12(14)2/h3-9H,10H2,1-2H3. The number of carbonyl (C=O) groups excluding carboxylic acids is 1. The predicted molar refractivity (Wildman–Crippen MR) is 75.4 cm³/mol. The van der Waals surface area contributed by atoms with Crippen molar-refractivity contribution in [3.63, 3.8) is 0 Å². The number of benzene rings is 2. The average Bonchev–Trinajstić information content (AvgIpc) is 2.35. The van der Waals surface area contributed by atoms with Gasteiger partial charge >= 0.3 is 0 Å². The van der Waals surface area contributed by atoms with E-state index in [2.05, 4.69) is 0 Å². The molecule has 0 bridgehead atoms. The second-order valence-corrected chi connectivity index (χ2v) is 4.85. The zero-order chi connectivity index (χ0) is 13.1. The Balaban J connectivity index is 2.28. The van der Waals surface area contributed by atoms with Gasteiger partial charge < -0.3 is 0 Å². The van der Waals surface area contributed by atoms with Crippen LogP contribution in [-0.4, -0.2) is 5.78 Å². The van der Waals surface area contributed by atoms with Crippen LogP contribution in [0.2, 0.25) is 5.02 Å². The lowest BCUT2D eigenvalue weighted by Gasteiger charge is -2.08. The lowest BCUT2D eigenvalue weighted by Crippen LogP contribution is -2.06. The van der Waals surface area contributed by atoms with Crippen LogP contribution in [0, 0.1) is 13.8 Å². The minimum absolute atomic E-state index is 0.115. The van der Waals surface area contributed by atoms with E-state index in [1.54, 1.807) is 6.07 Å². The largest absolute Gasteiger partial charge is 0.294 e. The number of rotatable bonds is 3. The number of hydrogen-bond donors (Lipinski definition) is 0. The summed E-state index contributed by atoms with van der Waals surface area (Å²) in [6.07, 6.45) is 0.424. The molecule has 0 aliphatic heterocycles. The number of ketones is 1. The molecular formula is C16H15ClO. The average molecular weight is 259 g/mol. The molecule has 0 unspecified atom stereocenters. The Morgan fingerprint density at radius 1 is 1.06 bits per heavy atom. The zero-order valence-electron chi connectivity index (χ0n) is 10.5. The van der Waals surface area contributed by atoms with Crippen molar-refractivity contribution >= 4 is 17.4 Å². The second kappa shape index (κ2) is 5.36. The monoisotopic (exact) mass is 258 g/mol. The van der Waals surface area contributed by atoms with Crippen molar-refractivity contribution in [1.29, 1.82) is 0 Å². The van der Waals surface area contributed by atoms with Gasteiger partial charge in [-0.25, -0.2) is 0 Å². The van der Waals surface area contributed by atoms with Crippen molar-refractivity contribution in [2.75, 3.05) is 0 Å². The van der Waals surface area contributed by atoms with Crippen LogP contribution in [0.5, 0.6) is 0 Å². The van der Waals surface area contributed by atoms with Crippen molar-refractivity contribution in [3.05, 3.63) is 69.7 Å². The quantitative estimate of drug-likeness (QED) is 0.747. The normalized spacial score (nSPS) is 10.4. The molecule has 0 saturated heterocycles. The molecule has 0 saturated carbocycles. The molecule has 92 valence electrons.